The van der Waals surface area contributed by atoms with Crippen LogP contribution in [0.1, 0.15) is 32.1 Å². The fourth-order valence-electron chi connectivity index (χ4n) is 3.34. The van der Waals surface area contributed by atoms with Crippen molar-refractivity contribution in [2.45, 2.75) is 32.1 Å². The second kappa shape index (κ2) is 10.6. The molecule has 0 unspecified atom stereocenters. The van der Waals surface area contributed by atoms with Crippen LogP contribution in [0.2, 0.25) is 0 Å². The molecule has 1 aliphatic rings. The number of rotatable bonds is 8. The Kier molecular flexibility index (Phi) is 7.68. The molecule has 7 nitrogen and oxygen atoms in total. The zero-order valence-corrected chi connectivity index (χ0v) is 16.7. The van der Waals surface area contributed by atoms with Gasteiger partial charge in [-0.2, -0.15) is 0 Å². The van der Waals surface area contributed by atoms with E-state index in [1.165, 1.54) is 12.1 Å². The van der Waals surface area contributed by atoms with Gasteiger partial charge in [0.15, 0.2) is 0 Å². The molecule has 0 atom stereocenters. The Labute approximate surface area is 175 Å². The summed E-state index contributed by atoms with van der Waals surface area (Å²) in [6.45, 7) is 0.501. The predicted molar refractivity (Wildman–Crippen MR) is 108 cm³/mol. The lowest BCUT2D eigenvalue weighted by Crippen LogP contribution is -2.30. The average Bonchev–Trinajstić information content (AvgIpc) is 2.77. The SMILES string of the molecule is O=C(Oc1ccc(O)cc1)C1CCC(C(=O)Oc2ccc(OCCCO)cc2)CC1. The van der Waals surface area contributed by atoms with Gasteiger partial charge in [-0.1, -0.05) is 0 Å². The van der Waals surface area contributed by atoms with Gasteiger partial charge in [-0.25, -0.2) is 0 Å². The van der Waals surface area contributed by atoms with E-state index >= 15 is 0 Å². The monoisotopic (exact) mass is 414 g/mol. The van der Waals surface area contributed by atoms with Crippen LogP contribution in [-0.4, -0.2) is 35.4 Å². The molecule has 0 heterocycles. The molecule has 0 amide bonds. The number of benzene rings is 2. The minimum atomic E-state index is -0.315. The van der Waals surface area contributed by atoms with Gasteiger partial charge in [0.2, 0.25) is 0 Å². The lowest BCUT2D eigenvalue weighted by atomic mass is 9.82. The number of phenols is 1. The number of carbonyl (C=O) groups excluding carboxylic acids is 2. The lowest BCUT2D eigenvalue weighted by molar-refractivity contribution is -0.145. The van der Waals surface area contributed by atoms with Gasteiger partial charge >= 0.3 is 11.9 Å². The maximum Gasteiger partial charge on any atom is 0.314 e. The summed E-state index contributed by atoms with van der Waals surface area (Å²) in [7, 11) is 0. The van der Waals surface area contributed by atoms with E-state index in [1.54, 1.807) is 36.4 Å². The summed E-state index contributed by atoms with van der Waals surface area (Å²) >= 11 is 0. The van der Waals surface area contributed by atoms with Crippen molar-refractivity contribution < 1.29 is 34.0 Å². The Bertz CT molecular complexity index is 822. The van der Waals surface area contributed by atoms with E-state index < -0.39 is 0 Å². The molecule has 1 aliphatic carbocycles. The fraction of sp³-hybridized carbons (Fsp3) is 0.391. The number of aromatic hydroxyl groups is 1. The molecule has 160 valence electrons. The second-order valence-electron chi connectivity index (χ2n) is 7.28. The highest BCUT2D eigenvalue weighted by molar-refractivity contribution is 5.77. The first-order valence-corrected chi connectivity index (χ1v) is 10.1. The molecule has 7 heteroatoms. The summed E-state index contributed by atoms with van der Waals surface area (Å²) in [5.41, 5.74) is 0. The Morgan fingerprint density at radius 2 is 1.20 bits per heavy atom. The zero-order valence-electron chi connectivity index (χ0n) is 16.7. The maximum absolute atomic E-state index is 12.4. The van der Waals surface area contributed by atoms with Crippen LogP contribution in [0.15, 0.2) is 48.5 Å². The molecule has 30 heavy (non-hydrogen) atoms. The van der Waals surface area contributed by atoms with Crippen molar-refractivity contribution in [2.24, 2.45) is 11.8 Å². The number of aliphatic hydroxyl groups excluding tert-OH is 1. The standard InChI is InChI=1S/C23H26O7/c24-14-1-15-28-19-10-12-21(13-11-19)30-23(27)17-4-2-16(3-5-17)22(26)29-20-8-6-18(25)7-9-20/h6-13,16-17,24-25H,1-5,14-15H2. The number of ether oxygens (including phenoxy) is 3. The first-order valence-electron chi connectivity index (χ1n) is 10.1. The van der Waals surface area contributed by atoms with Crippen molar-refractivity contribution in [1.82, 2.24) is 0 Å². The van der Waals surface area contributed by atoms with Crippen molar-refractivity contribution in [2.75, 3.05) is 13.2 Å². The Morgan fingerprint density at radius 3 is 1.67 bits per heavy atom. The van der Waals surface area contributed by atoms with E-state index in [-0.39, 0.29) is 36.1 Å². The van der Waals surface area contributed by atoms with E-state index in [9.17, 15) is 14.7 Å². The van der Waals surface area contributed by atoms with E-state index in [1.807, 2.05) is 0 Å². The predicted octanol–water partition coefficient (Wildman–Crippen LogP) is 3.47. The first-order chi connectivity index (χ1) is 14.5. The summed E-state index contributed by atoms with van der Waals surface area (Å²) in [5.74, 6) is 0.486. The zero-order chi connectivity index (χ0) is 21.3. The molecule has 3 rings (SSSR count). The van der Waals surface area contributed by atoms with E-state index in [4.69, 9.17) is 19.3 Å². The van der Waals surface area contributed by atoms with Crippen LogP contribution in [0.25, 0.3) is 0 Å². The molecule has 1 fully saturated rings. The summed E-state index contributed by atoms with van der Waals surface area (Å²) < 4.78 is 16.3. The van der Waals surface area contributed by atoms with Crippen LogP contribution in [0.5, 0.6) is 23.0 Å². The molecule has 0 aliphatic heterocycles. The topological polar surface area (TPSA) is 102 Å². The Hall–Kier alpha value is -3.06. The third-order valence-corrected chi connectivity index (χ3v) is 5.06. The summed E-state index contributed by atoms with van der Waals surface area (Å²) in [6.07, 6.45) is 2.82. The van der Waals surface area contributed by atoms with E-state index in [2.05, 4.69) is 0 Å². The number of aliphatic hydroxyl groups is 1. The molecule has 0 saturated heterocycles. The number of phenolic OH excluding ortho intramolecular Hbond substituents is 1. The van der Waals surface area contributed by atoms with Crippen LogP contribution >= 0.6 is 0 Å². The van der Waals surface area contributed by atoms with Gasteiger partial charge in [0, 0.05) is 13.0 Å². The molecule has 0 bridgehead atoms. The van der Waals surface area contributed by atoms with Gasteiger partial charge in [0.25, 0.3) is 0 Å². The van der Waals surface area contributed by atoms with Gasteiger partial charge in [0.05, 0.1) is 18.4 Å². The van der Waals surface area contributed by atoms with Gasteiger partial charge in [-0.3, -0.25) is 9.59 Å². The highest BCUT2D eigenvalue weighted by Crippen LogP contribution is 2.31. The van der Waals surface area contributed by atoms with Crippen molar-refractivity contribution in [3.8, 4) is 23.0 Å². The van der Waals surface area contributed by atoms with Crippen LogP contribution in [-0.2, 0) is 9.59 Å². The third kappa shape index (κ3) is 6.22. The molecule has 2 N–H and O–H groups in total. The molecular formula is C23H26O7. The van der Waals surface area contributed by atoms with Crippen LogP contribution in [0.4, 0.5) is 0 Å². The van der Waals surface area contributed by atoms with Crippen LogP contribution < -0.4 is 14.2 Å². The summed E-state index contributed by atoms with van der Waals surface area (Å²) in [5, 5.41) is 18.0. The highest BCUT2D eigenvalue weighted by Gasteiger charge is 2.32. The Morgan fingerprint density at radius 1 is 0.767 bits per heavy atom. The quantitative estimate of drug-likeness (QED) is 0.387. The normalized spacial score (nSPS) is 18.4. The number of esters is 2. The van der Waals surface area contributed by atoms with Gasteiger partial charge < -0.3 is 24.4 Å². The number of hydrogen-bond acceptors (Lipinski definition) is 7. The lowest BCUT2D eigenvalue weighted by Gasteiger charge is -2.25. The molecule has 0 spiro atoms. The van der Waals surface area contributed by atoms with Gasteiger partial charge in [0.1, 0.15) is 23.0 Å². The summed E-state index contributed by atoms with van der Waals surface area (Å²) in [4.78, 5) is 24.8. The first kappa shape index (κ1) is 21.6. The van der Waals surface area contributed by atoms with Gasteiger partial charge in [-0.15, -0.1) is 0 Å². The minimum absolute atomic E-state index is 0.0759. The average molecular weight is 414 g/mol. The summed E-state index contributed by atoms with van der Waals surface area (Å²) in [6, 6.07) is 12.8. The number of carbonyl (C=O) groups is 2. The highest BCUT2D eigenvalue weighted by atomic mass is 16.5. The van der Waals surface area contributed by atoms with Crippen molar-refractivity contribution in [3.63, 3.8) is 0 Å². The molecule has 2 aromatic carbocycles. The van der Waals surface area contributed by atoms with Crippen molar-refractivity contribution in [3.05, 3.63) is 48.5 Å². The largest absolute Gasteiger partial charge is 0.508 e. The van der Waals surface area contributed by atoms with Crippen molar-refractivity contribution in [1.29, 1.82) is 0 Å². The van der Waals surface area contributed by atoms with E-state index in [0.717, 1.165) is 0 Å². The van der Waals surface area contributed by atoms with Crippen LogP contribution in [0.3, 0.4) is 0 Å². The molecule has 1 saturated carbocycles. The fourth-order valence-corrected chi connectivity index (χ4v) is 3.34. The molecule has 2 aromatic rings. The second-order valence-corrected chi connectivity index (χ2v) is 7.28. The number of hydrogen-bond donors (Lipinski definition) is 2. The minimum Gasteiger partial charge on any atom is -0.508 e. The third-order valence-electron chi connectivity index (χ3n) is 5.06. The molecule has 0 aromatic heterocycles. The molecular weight excluding hydrogens is 388 g/mol. The Balaban J connectivity index is 1.43. The van der Waals surface area contributed by atoms with Crippen LogP contribution in [0, 0.1) is 11.8 Å². The maximum atomic E-state index is 12.4. The van der Waals surface area contributed by atoms with Gasteiger partial charge in [-0.05, 0) is 74.2 Å². The van der Waals surface area contributed by atoms with E-state index in [0.29, 0.717) is 56.0 Å². The smallest absolute Gasteiger partial charge is 0.314 e. The molecule has 0 radical (unpaired) electrons. The van der Waals surface area contributed by atoms with Crippen molar-refractivity contribution >= 4 is 11.9 Å².